The lowest BCUT2D eigenvalue weighted by molar-refractivity contribution is -0.120. The fourth-order valence-corrected chi connectivity index (χ4v) is 2.93. The van der Waals surface area contributed by atoms with E-state index in [9.17, 15) is 4.79 Å². The Bertz CT molecular complexity index is 215. The van der Waals surface area contributed by atoms with Gasteiger partial charge in [0.1, 0.15) is 0 Å². The van der Waals surface area contributed by atoms with Crippen molar-refractivity contribution in [3.05, 3.63) is 0 Å². The maximum atomic E-state index is 11.2. The van der Waals surface area contributed by atoms with E-state index in [1.165, 1.54) is 0 Å². The van der Waals surface area contributed by atoms with Gasteiger partial charge in [0, 0.05) is 17.3 Å². The molecule has 0 aromatic heterocycles. The van der Waals surface area contributed by atoms with Crippen LogP contribution in [-0.4, -0.2) is 21.7 Å². The monoisotopic (exact) mass is 229 g/mol. The largest absolute Gasteiger partial charge is 0.348 e. The Kier molecular flexibility index (Phi) is 2.54. The molecule has 0 bridgehead atoms. The minimum absolute atomic E-state index is 0.262. The van der Waals surface area contributed by atoms with Crippen LogP contribution in [0.3, 0.4) is 0 Å². The van der Waals surface area contributed by atoms with E-state index in [-0.39, 0.29) is 17.7 Å². The van der Waals surface area contributed by atoms with Crippen molar-refractivity contribution in [1.82, 2.24) is 5.32 Å². The average molecular weight is 231 g/mol. The minimum atomic E-state index is -1.38. The molecule has 2 nitrogen and oxygen atoms in total. The summed E-state index contributed by atoms with van der Waals surface area (Å²) in [5.41, 5.74) is -0.428. The van der Waals surface area contributed by atoms with Crippen LogP contribution >= 0.6 is 34.8 Å². The average Bonchev–Trinajstić information content (AvgIpc) is 1.99. The predicted molar refractivity (Wildman–Crippen MR) is 50.9 cm³/mol. The molecule has 1 atom stereocenters. The van der Waals surface area contributed by atoms with Crippen LogP contribution in [-0.2, 0) is 4.79 Å². The van der Waals surface area contributed by atoms with E-state index >= 15 is 0 Å². The second-order valence-corrected chi connectivity index (χ2v) is 5.20. The van der Waals surface area contributed by atoms with Crippen molar-refractivity contribution < 1.29 is 4.79 Å². The lowest BCUT2D eigenvalue weighted by Crippen LogP contribution is -2.40. The second kappa shape index (κ2) is 2.93. The van der Waals surface area contributed by atoms with E-state index < -0.39 is 9.87 Å². The van der Waals surface area contributed by atoms with Crippen LogP contribution in [0.1, 0.15) is 13.8 Å². The van der Waals surface area contributed by atoms with Gasteiger partial charge in [-0.2, -0.15) is 0 Å². The molecule has 1 heterocycles. The summed E-state index contributed by atoms with van der Waals surface area (Å²) in [5.74, 6) is -0.359. The van der Waals surface area contributed by atoms with Crippen LogP contribution in [0.4, 0.5) is 0 Å². The minimum Gasteiger partial charge on any atom is -0.348 e. The molecule has 0 aromatic rings. The third-order valence-electron chi connectivity index (χ3n) is 2.20. The fraction of sp³-hybridized carbons (Fsp3) is 0.857. The van der Waals surface area contributed by atoms with Crippen LogP contribution in [0.5, 0.6) is 0 Å². The Morgan fingerprint density at radius 2 is 2.00 bits per heavy atom. The van der Waals surface area contributed by atoms with Crippen molar-refractivity contribution in [2.45, 2.75) is 23.7 Å². The Morgan fingerprint density at radius 3 is 2.17 bits per heavy atom. The molecule has 70 valence electrons. The van der Waals surface area contributed by atoms with Gasteiger partial charge in [-0.05, 0) is 13.8 Å². The summed E-state index contributed by atoms with van der Waals surface area (Å²) < 4.78 is -1.38. The molecule has 0 aliphatic carbocycles. The smallest absolute Gasteiger partial charge is 0.257 e. The first kappa shape index (κ1) is 10.4. The third-order valence-corrected chi connectivity index (χ3v) is 3.38. The Balaban J connectivity index is 3.00. The number of alkyl halides is 3. The number of hydrogen-bond acceptors (Lipinski definition) is 1. The van der Waals surface area contributed by atoms with E-state index in [1.54, 1.807) is 0 Å². The van der Waals surface area contributed by atoms with Gasteiger partial charge in [0.2, 0.25) is 4.33 Å². The highest BCUT2D eigenvalue weighted by molar-refractivity contribution is 6.59. The first-order valence-electron chi connectivity index (χ1n) is 3.58. The normalized spacial score (nSPS) is 31.8. The molecule has 0 spiro atoms. The molecule has 1 amide bonds. The van der Waals surface area contributed by atoms with Gasteiger partial charge in [-0.1, -0.05) is 23.2 Å². The number of carbonyl (C=O) groups is 1. The van der Waals surface area contributed by atoms with Gasteiger partial charge in [0.15, 0.2) is 0 Å². The summed E-state index contributed by atoms with van der Waals surface area (Å²) >= 11 is 17.4. The molecule has 0 radical (unpaired) electrons. The highest BCUT2D eigenvalue weighted by Crippen LogP contribution is 2.43. The Morgan fingerprint density at radius 1 is 1.50 bits per heavy atom. The molecule has 1 rings (SSSR count). The summed E-state index contributed by atoms with van der Waals surface area (Å²) in [6.45, 7) is 3.70. The summed E-state index contributed by atoms with van der Waals surface area (Å²) in [4.78, 5) is 11.2. The van der Waals surface area contributed by atoms with E-state index in [1.807, 2.05) is 13.8 Å². The maximum absolute atomic E-state index is 11.2. The molecule has 1 saturated heterocycles. The molecule has 5 heteroatoms. The summed E-state index contributed by atoms with van der Waals surface area (Å²) in [6.07, 6.45) is 0. The highest BCUT2D eigenvalue weighted by Gasteiger charge is 2.56. The van der Waals surface area contributed by atoms with E-state index in [2.05, 4.69) is 5.32 Å². The fourth-order valence-electron chi connectivity index (χ4n) is 1.36. The summed E-state index contributed by atoms with van der Waals surface area (Å²) in [6, 6.07) is 0. The van der Waals surface area contributed by atoms with Crippen LogP contribution in [0.25, 0.3) is 0 Å². The molecule has 1 aliphatic heterocycles. The van der Waals surface area contributed by atoms with Crippen LogP contribution in [0.2, 0.25) is 0 Å². The molecular weight excluding hydrogens is 220 g/mol. The standard InChI is InChI=1S/C7H10Cl3NO/c1-6(2)4(3-8)7(9,10)5(12)11-6/h4H,3H2,1-2H3,(H,11,12). The number of amides is 1. The number of halogens is 3. The van der Waals surface area contributed by atoms with Gasteiger partial charge in [-0.3, -0.25) is 4.79 Å². The maximum Gasteiger partial charge on any atom is 0.257 e. The van der Waals surface area contributed by atoms with Crippen LogP contribution in [0.15, 0.2) is 0 Å². The van der Waals surface area contributed by atoms with Gasteiger partial charge >= 0.3 is 0 Å². The van der Waals surface area contributed by atoms with E-state index in [4.69, 9.17) is 34.8 Å². The Labute approximate surface area is 86.5 Å². The zero-order valence-electron chi connectivity index (χ0n) is 6.83. The van der Waals surface area contributed by atoms with Crippen molar-refractivity contribution in [3.63, 3.8) is 0 Å². The molecule has 1 aliphatic rings. The van der Waals surface area contributed by atoms with E-state index in [0.717, 1.165) is 0 Å². The second-order valence-electron chi connectivity index (χ2n) is 3.51. The molecule has 1 unspecified atom stereocenters. The Hall–Kier alpha value is 0.340. The van der Waals surface area contributed by atoms with Crippen molar-refractivity contribution in [1.29, 1.82) is 0 Å². The molecule has 0 aromatic carbocycles. The molecule has 12 heavy (non-hydrogen) atoms. The van der Waals surface area contributed by atoms with Crippen molar-refractivity contribution in [2.24, 2.45) is 5.92 Å². The zero-order chi connectivity index (χ0) is 9.57. The first-order chi connectivity index (χ1) is 5.32. The van der Waals surface area contributed by atoms with E-state index in [0.29, 0.717) is 0 Å². The number of hydrogen-bond donors (Lipinski definition) is 1. The highest BCUT2D eigenvalue weighted by atomic mass is 35.5. The topological polar surface area (TPSA) is 29.1 Å². The van der Waals surface area contributed by atoms with Gasteiger partial charge < -0.3 is 5.32 Å². The van der Waals surface area contributed by atoms with Gasteiger partial charge in [0.25, 0.3) is 5.91 Å². The molecule has 1 fully saturated rings. The SMILES string of the molecule is CC1(C)NC(=O)C(Cl)(Cl)C1CCl. The van der Waals surface area contributed by atoms with Crippen molar-refractivity contribution in [3.8, 4) is 0 Å². The van der Waals surface area contributed by atoms with Crippen LogP contribution in [0, 0.1) is 5.92 Å². The first-order valence-corrected chi connectivity index (χ1v) is 4.88. The lowest BCUT2D eigenvalue weighted by atomic mass is 9.90. The predicted octanol–water partition coefficient (Wildman–Crippen LogP) is 1.92. The van der Waals surface area contributed by atoms with Gasteiger partial charge in [-0.15, -0.1) is 11.6 Å². The number of rotatable bonds is 1. The molecule has 0 saturated carbocycles. The molecule has 1 N–H and O–H groups in total. The summed E-state index contributed by atoms with van der Waals surface area (Å²) in [7, 11) is 0. The van der Waals surface area contributed by atoms with Gasteiger partial charge in [0.05, 0.1) is 0 Å². The quantitative estimate of drug-likeness (QED) is 0.685. The summed E-state index contributed by atoms with van der Waals surface area (Å²) in [5, 5.41) is 2.70. The number of carbonyl (C=O) groups excluding carboxylic acids is 1. The molecular formula is C7H10Cl3NO. The van der Waals surface area contributed by atoms with Crippen molar-refractivity contribution in [2.75, 3.05) is 5.88 Å². The van der Waals surface area contributed by atoms with Crippen molar-refractivity contribution >= 4 is 40.7 Å². The van der Waals surface area contributed by atoms with Crippen LogP contribution < -0.4 is 5.32 Å². The van der Waals surface area contributed by atoms with Gasteiger partial charge in [-0.25, -0.2) is 0 Å². The number of nitrogens with one attached hydrogen (secondary N) is 1. The lowest BCUT2D eigenvalue weighted by Gasteiger charge is -2.27. The zero-order valence-corrected chi connectivity index (χ0v) is 9.09. The third kappa shape index (κ3) is 1.40.